The first-order valence-electron chi connectivity index (χ1n) is 7.12. The molecule has 3 atom stereocenters. The van der Waals surface area contributed by atoms with Crippen molar-refractivity contribution in [2.75, 3.05) is 20.3 Å². The van der Waals surface area contributed by atoms with Crippen LogP contribution in [0.15, 0.2) is 0 Å². The second-order valence-electron chi connectivity index (χ2n) is 5.62. The first kappa shape index (κ1) is 13.3. The molecule has 0 aromatic heterocycles. The molecule has 0 spiro atoms. The predicted octanol–water partition coefficient (Wildman–Crippen LogP) is 2.35. The molecule has 2 aliphatic carbocycles. The van der Waals surface area contributed by atoms with Gasteiger partial charge in [0.1, 0.15) is 0 Å². The van der Waals surface area contributed by atoms with Crippen molar-refractivity contribution in [1.29, 1.82) is 0 Å². The molecule has 2 rings (SSSR count). The first-order valence-corrected chi connectivity index (χ1v) is 7.12. The molecule has 3 nitrogen and oxygen atoms in total. The van der Waals surface area contributed by atoms with Crippen LogP contribution in [-0.4, -0.2) is 38.5 Å². The van der Waals surface area contributed by atoms with Gasteiger partial charge in [0.2, 0.25) is 0 Å². The van der Waals surface area contributed by atoms with E-state index in [9.17, 15) is 0 Å². The van der Waals surface area contributed by atoms with Gasteiger partial charge in [-0.2, -0.15) is 0 Å². The Morgan fingerprint density at radius 2 is 2.06 bits per heavy atom. The average molecular weight is 241 g/mol. The monoisotopic (exact) mass is 241 g/mol. The van der Waals surface area contributed by atoms with Crippen LogP contribution in [0.5, 0.6) is 0 Å². The minimum atomic E-state index is 0.254. The molecule has 0 aromatic carbocycles. The molecule has 3 unspecified atom stereocenters. The fraction of sp³-hybridized carbons (Fsp3) is 1.00. The third kappa shape index (κ3) is 2.67. The minimum Gasteiger partial charge on any atom is -0.377 e. The molecule has 1 N–H and O–H groups in total. The van der Waals surface area contributed by atoms with Crippen molar-refractivity contribution in [1.82, 2.24) is 5.32 Å². The first-order chi connectivity index (χ1) is 8.24. The third-order valence-corrected chi connectivity index (χ3v) is 4.81. The quantitative estimate of drug-likeness (QED) is 0.742. The highest BCUT2D eigenvalue weighted by molar-refractivity contribution is 4.99. The molecular weight excluding hydrogens is 214 g/mol. The fourth-order valence-corrected chi connectivity index (χ4v) is 3.15. The molecule has 2 fully saturated rings. The van der Waals surface area contributed by atoms with Crippen LogP contribution in [0.25, 0.3) is 0 Å². The summed E-state index contributed by atoms with van der Waals surface area (Å²) >= 11 is 0. The topological polar surface area (TPSA) is 30.5 Å². The molecular formula is C14H27NO2. The maximum absolute atomic E-state index is 5.65. The molecule has 2 aliphatic rings. The Bertz CT molecular complexity index is 235. The summed E-state index contributed by atoms with van der Waals surface area (Å²) in [6.45, 7) is 6.31. The number of methoxy groups -OCH3 is 1. The van der Waals surface area contributed by atoms with E-state index in [-0.39, 0.29) is 6.10 Å². The van der Waals surface area contributed by atoms with E-state index in [4.69, 9.17) is 9.47 Å². The maximum atomic E-state index is 5.65. The van der Waals surface area contributed by atoms with Crippen LogP contribution in [-0.2, 0) is 9.47 Å². The van der Waals surface area contributed by atoms with Gasteiger partial charge in [0.25, 0.3) is 0 Å². The van der Waals surface area contributed by atoms with E-state index in [1.807, 2.05) is 6.92 Å². The summed E-state index contributed by atoms with van der Waals surface area (Å²) in [6.07, 6.45) is 7.18. The minimum absolute atomic E-state index is 0.254. The summed E-state index contributed by atoms with van der Waals surface area (Å²) in [7, 11) is 1.80. The Labute approximate surface area is 105 Å². The van der Waals surface area contributed by atoms with Gasteiger partial charge in [0.15, 0.2) is 0 Å². The molecule has 0 heterocycles. The number of ether oxygens (including phenoxy) is 2. The predicted molar refractivity (Wildman–Crippen MR) is 69.2 cm³/mol. The number of rotatable bonds is 7. The van der Waals surface area contributed by atoms with E-state index >= 15 is 0 Å². The van der Waals surface area contributed by atoms with Crippen LogP contribution >= 0.6 is 0 Å². The highest BCUT2D eigenvalue weighted by Gasteiger charge is 2.43. The van der Waals surface area contributed by atoms with Crippen LogP contribution in [0.2, 0.25) is 0 Å². The van der Waals surface area contributed by atoms with Crippen LogP contribution in [0.3, 0.4) is 0 Å². The molecule has 0 amide bonds. The largest absolute Gasteiger partial charge is 0.377 e. The molecule has 0 aliphatic heterocycles. The van der Waals surface area contributed by atoms with E-state index < -0.39 is 0 Å². The average Bonchev–Trinajstić information content (AvgIpc) is 2.25. The van der Waals surface area contributed by atoms with Crippen molar-refractivity contribution in [2.45, 2.75) is 64.2 Å². The molecule has 0 radical (unpaired) electrons. The van der Waals surface area contributed by atoms with E-state index in [1.165, 1.54) is 25.7 Å². The van der Waals surface area contributed by atoms with Gasteiger partial charge in [-0.1, -0.05) is 13.3 Å². The Hall–Kier alpha value is -0.120. The zero-order valence-electron chi connectivity index (χ0n) is 11.5. The number of nitrogens with one attached hydrogen (secondary N) is 1. The maximum Gasteiger partial charge on any atom is 0.0986 e. The number of hydrogen-bond donors (Lipinski definition) is 1. The molecule has 100 valence electrons. The third-order valence-electron chi connectivity index (χ3n) is 4.81. The van der Waals surface area contributed by atoms with Crippen molar-refractivity contribution in [3.8, 4) is 0 Å². The highest BCUT2D eigenvalue weighted by Crippen LogP contribution is 2.43. The van der Waals surface area contributed by atoms with Gasteiger partial charge in [0, 0.05) is 26.3 Å². The van der Waals surface area contributed by atoms with E-state index in [1.54, 1.807) is 7.11 Å². The Morgan fingerprint density at radius 1 is 1.29 bits per heavy atom. The van der Waals surface area contributed by atoms with Crippen molar-refractivity contribution < 1.29 is 9.47 Å². The van der Waals surface area contributed by atoms with Gasteiger partial charge in [-0.3, -0.25) is 0 Å². The Kier molecular flexibility index (Phi) is 4.45. The zero-order valence-corrected chi connectivity index (χ0v) is 11.5. The standard InChI is InChI=1S/C14H27NO2/c1-4-14(7-6-8-14)10-15-11-9-12(17-5-2)13(11)16-3/h11-13,15H,4-10H2,1-3H3. The smallest absolute Gasteiger partial charge is 0.0986 e. The molecule has 3 heteroatoms. The van der Waals surface area contributed by atoms with Crippen molar-refractivity contribution in [2.24, 2.45) is 5.41 Å². The summed E-state index contributed by atoms with van der Waals surface area (Å²) in [5.74, 6) is 0. The van der Waals surface area contributed by atoms with Gasteiger partial charge in [-0.25, -0.2) is 0 Å². The molecule has 0 aromatic rings. The highest BCUT2D eigenvalue weighted by atomic mass is 16.5. The van der Waals surface area contributed by atoms with Crippen molar-refractivity contribution >= 4 is 0 Å². The summed E-state index contributed by atoms with van der Waals surface area (Å²) in [5, 5.41) is 3.70. The molecule has 2 saturated carbocycles. The lowest BCUT2D eigenvalue weighted by Crippen LogP contribution is -2.61. The summed E-state index contributed by atoms with van der Waals surface area (Å²) < 4.78 is 11.2. The van der Waals surface area contributed by atoms with Gasteiger partial charge < -0.3 is 14.8 Å². The van der Waals surface area contributed by atoms with Crippen molar-refractivity contribution in [3.63, 3.8) is 0 Å². The molecule has 17 heavy (non-hydrogen) atoms. The Morgan fingerprint density at radius 3 is 2.53 bits per heavy atom. The fourth-order valence-electron chi connectivity index (χ4n) is 3.15. The van der Waals surface area contributed by atoms with Crippen molar-refractivity contribution in [3.05, 3.63) is 0 Å². The molecule has 0 bridgehead atoms. The number of hydrogen-bond acceptors (Lipinski definition) is 3. The van der Waals surface area contributed by atoms with Gasteiger partial charge in [0.05, 0.1) is 12.2 Å². The second kappa shape index (κ2) is 5.68. The van der Waals surface area contributed by atoms with Crippen LogP contribution < -0.4 is 5.32 Å². The normalized spacial score (nSPS) is 35.1. The second-order valence-corrected chi connectivity index (χ2v) is 5.62. The van der Waals surface area contributed by atoms with Crippen LogP contribution in [0, 0.1) is 5.41 Å². The van der Waals surface area contributed by atoms with E-state index in [0.29, 0.717) is 17.6 Å². The summed E-state index contributed by atoms with van der Waals surface area (Å²) in [5.41, 5.74) is 0.592. The van der Waals surface area contributed by atoms with Gasteiger partial charge in [-0.05, 0) is 38.0 Å². The zero-order chi connectivity index (χ0) is 12.3. The van der Waals surface area contributed by atoms with Gasteiger partial charge >= 0.3 is 0 Å². The summed E-state index contributed by atoms with van der Waals surface area (Å²) in [4.78, 5) is 0. The lowest BCUT2D eigenvalue weighted by atomic mass is 9.66. The SMILES string of the molecule is CCOC1CC(NCC2(CC)CCC2)C1OC. The lowest BCUT2D eigenvalue weighted by molar-refractivity contribution is -0.133. The van der Waals surface area contributed by atoms with Crippen LogP contribution in [0.1, 0.15) is 46.0 Å². The molecule has 0 saturated heterocycles. The lowest BCUT2D eigenvalue weighted by Gasteiger charge is -2.47. The van der Waals surface area contributed by atoms with E-state index in [0.717, 1.165) is 19.6 Å². The summed E-state index contributed by atoms with van der Waals surface area (Å²) in [6, 6.07) is 0.501. The Balaban J connectivity index is 1.73. The van der Waals surface area contributed by atoms with E-state index in [2.05, 4.69) is 12.2 Å². The van der Waals surface area contributed by atoms with Crippen LogP contribution in [0.4, 0.5) is 0 Å². The van der Waals surface area contributed by atoms with Gasteiger partial charge in [-0.15, -0.1) is 0 Å².